The number of aromatic nitrogens is 1. The summed E-state index contributed by atoms with van der Waals surface area (Å²) in [5.41, 5.74) is 3.42. The third-order valence-electron chi connectivity index (χ3n) is 6.76. The first kappa shape index (κ1) is 25.9. The van der Waals surface area contributed by atoms with Gasteiger partial charge in [0.2, 0.25) is 11.8 Å². The number of hydrogen-bond acceptors (Lipinski definition) is 6. The minimum atomic E-state index is -0.571. The molecule has 2 N–H and O–H groups in total. The van der Waals surface area contributed by atoms with Crippen LogP contribution in [-0.2, 0) is 9.59 Å². The number of nitriles is 1. The molecule has 3 aromatic rings. The lowest BCUT2D eigenvalue weighted by Crippen LogP contribution is -2.53. The van der Waals surface area contributed by atoms with Gasteiger partial charge in [0.15, 0.2) is 0 Å². The summed E-state index contributed by atoms with van der Waals surface area (Å²) in [5, 5.41) is 15.4. The average Bonchev–Trinajstić information content (AvgIpc) is 2.92. The van der Waals surface area contributed by atoms with Gasteiger partial charge in [0.25, 0.3) is 0 Å². The standard InChI is InChI=1S/C29H32N6O2/c1-20(23-11-9-22(15-30)10-12-23)16-32-28(24-7-5-4-6-8-24)29(37)33-26-14-13-25(17-31-26)35-19-27(36)34(3)18-21(35)2/h4-14,17,20-21,28,32H,16,18-19H2,1-3H3,(H,31,33,37). The molecule has 0 aliphatic carbocycles. The Balaban J connectivity index is 1.44. The first-order chi connectivity index (χ1) is 17.9. The molecule has 1 saturated heterocycles. The second-order valence-corrected chi connectivity index (χ2v) is 9.53. The second kappa shape index (κ2) is 11.7. The van der Waals surface area contributed by atoms with Gasteiger partial charge in [-0.05, 0) is 48.2 Å². The molecule has 0 radical (unpaired) electrons. The number of carbonyl (C=O) groups is 2. The minimum absolute atomic E-state index is 0.0718. The monoisotopic (exact) mass is 496 g/mol. The SMILES string of the molecule is CC(CNC(C(=O)Nc1ccc(N2CC(=O)N(C)CC2C)cn1)c1ccccc1)c1ccc(C#N)cc1. The second-order valence-electron chi connectivity index (χ2n) is 9.53. The molecule has 1 aliphatic rings. The van der Waals surface area contributed by atoms with Gasteiger partial charge in [-0.2, -0.15) is 5.26 Å². The van der Waals surface area contributed by atoms with Gasteiger partial charge in [0.1, 0.15) is 11.9 Å². The van der Waals surface area contributed by atoms with Crippen LogP contribution in [0, 0.1) is 11.3 Å². The first-order valence-corrected chi connectivity index (χ1v) is 12.4. The predicted molar refractivity (Wildman–Crippen MR) is 144 cm³/mol. The van der Waals surface area contributed by atoms with E-state index in [2.05, 4.69) is 35.5 Å². The molecule has 8 nitrogen and oxygen atoms in total. The molecule has 1 aromatic heterocycles. The molecule has 1 fully saturated rings. The number of hydrogen-bond donors (Lipinski definition) is 2. The molecule has 190 valence electrons. The Bertz CT molecular complexity index is 1250. The topological polar surface area (TPSA) is 101 Å². The molecule has 2 aromatic carbocycles. The van der Waals surface area contributed by atoms with E-state index in [1.54, 1.807) is 29.3 Å². The highest BCUT2D eigenvalue weighted by Gasteiger charge is 2.27. The third kappa shape index (κ3) is 6.32. The lowest BCUT2D eigenvalue weighted by molar-refractivity contribution is -0.130. The summed E-state index contributed by atoms with van der Waals surface area (Å²) in [6.07, 6.45) is 1.70. The van der Waals surface area contributed by atoms with Crippen molar-refractivity contribution in [2.24, 2.45) is 0 Å². The Kier molecular flexibility index (Phi) is 8.16. The number of nitrogens with one attached hydrogen (secondary N) is 2. The maximum absolute atomic E-state index is 13.4. The van der Waals surface area contributed by atoms with E-state index < -0.39 is 6.04 Å². The Labute approximate surface area is 217 Å². The van der Waals surface area contributed by atoms with Crippen LogP contribution in [0.15, 0.2) is 72.9 Å². The van der Waals surface area contributed by atoms with Crippen molar-refractivity contribution < 1.29 is 9.59 Å². The zero-order chi connectivity index (χ0) is 26.4. The Morgan fingerprint density at radius 1 is 1.11 bits per heavy atom. The van der Waals surface area contributed by atoms with Crippen molar-refractivity contribution in [3.05, 3.63) is 89.6 Å². The fourth-order valence-electron chi connectivity index (χ4n) is 4.50. The van der Waals surface area contributed by atoms with Crippen molar-refractivity contribution in [2.75, 3.05) is 36.9 Å². The van der Waals surface area contributed by atoms with Crippen LogP contribution < -0.4 is 15.5 Å². The van der Waals surface area contributed by atoms with Gasteiger partial charge in [-0.1, -0.05) is 49.4 Å². The zero-order valence-electron chi connectivity index (χ0n) is 21.4. The normalized spacial score (nSPS) is 17.1. The Hall–Kier alpha value is -4.22. The summed E-state index contributed by atoms with van der Waals surface area (Å²) < 4.78 is 0. The molecule has 3 unspecified atom stereocenters. The molecule has 0 spiro atoms. The third-order valence-corrected chi connectivity index (χ3v) is 6.76. The van der Waals surface area contributed by atoms with Crippen LogP contribution in [0.5, 0.6) is 0 Å². The zero-order valence-corrected chi connectivity index (χ0v) is 21.4. The lowest BCUT2D eigenvalue weighted by atomic mass is 9.98. The molecule has 1 aliphatic heterocycles. The number of nitrogens with zero attached hydrogens (tertiary/aromatic N) is 4. The summed E-state index contributed by atoms with van der Waals surface area (Å²) in [6.45, 7) is 5.69. The van der Waals surface area contributed by atoms with Gasteiger partial charge >= 0.3 is 0 Å². The van der Waals surface area contributed by atoms with Gasteiger partial charge in [0.05, 0.1) is 30.1 Å². The lowest BCUT2D eigenvalue weighted by Gasteiger charge is -2.39. The van der Waals surface area contributed by atoms with E-state index in [0.717, 1.165) is 16.8 Å². The van der Waals surface area contributed by atoms with Crippen molar-refractivity contribution in [2.45, 2.75) is 31.8 Å². The van der Waals surface area contributed by atoms with Crippen molar-refractivity contribution in [1.82, 2.24) is 15.2 Å². The number of anilines is 2. The van der Waals surface area contributed by atoms with Crippen LogP contribution >= 0.6 is 0 Å². The number of piperazine rings is 1. The highest BCUT2D eigenvalue weighted by Crippen LogP contribution is 2.23. The average molecular weight is 497 g/mol. The summed E-state index contributed by atoms with van der Waals surface area (Å²) in [5.74, 6) is 0.450. The van der Waals surface area contributed by atoms with Gasteiger partial charge < -0.3 is 20.4 Å². The van der Waals surface area contributed by atoms with Gasteiger partial charge in [0, 0.05) is 26.2 Å². The minimum Gasteiger partial charge on any atom is -0.356 e. The molecule has 3 atom stereocenters. The van der Waals surface area contributed by atoms with Crippen molar-refractivity contribution >= 4 is 23.3 Å². The molecule has 4 rings (SSSR count). The number of likely N-dealkylation sites (N-methyl/N-ethyl adjacent to an activating group) is 1. The van der Waals surface area contributed by atoms with E-state index in [4.69, 9.17) is 5.26 Å². The number of amides is 2. The highest BCUT2D eigenvalue weighted by molar-refractivity contribution is 5.95. The maximum Gasteiger partial charge on any atom is 0.247 e. The van der Waals surface area contributed by atoms with Gasteiger partial charge in [-0.3, -0.25) is 9.59 Å². The van der Waals surface area contributed by atoms with Crippen LogP contribution in [-0.4, -0.2) is 54.4 Å². The van der Waals surface area contributed by atoms with Crippen molar-refractivity contribution in [3.63, 3.8) is 0 Å². The van der Waals surface area contributed by atoms with Crippen LogP contribution in [0.3, 0.4) is 0 Å². The van der Waals surface area contributed by atoms with Crippen LogP contribution in [0.25, 0.3) is 0 Å². The fraction of sp³-hybridized carbons (Fsp3) is 0.310. The molecule has 2 heterocycles. The number of benzene rings is 2. The van der Waals surface area contributed by atoms with E-state index in [1.165, 1.54) is 0 Å². The summed E-state index contributed by atoms with van der Waals surface area (Å²) in [4.78, 5) is 33.7. The Morgan fingerprint density at radius 2 is 1.84 bits per heavy atom. The fourth-order valence-corrected chi connectivity index (χ4v) is 4.50. The highest BCUT2D eigenvalue weighted by atomic mass is 16.2. The van der Waals surface area contributed by atoms with Crippen molar-refractivity contribution in [3.8, 4) is 6.07 Å². The summed E-state index contributed by atoms with van der Waals surface area (Å²) in [6, 6.07) is 22.5. The first-order valence-electron chi connectivity index (χ1n) is 12.4. The van der Waals surface area contributed by atoms with E-state index in [9.17, 15) is 9.59 Å². The molecular formula is C29H32N6O2. The maximum atomic E-state index is 13.4. The van der Waals surface area contributed by atoms with E-state index in [1.807, 2.05) is 60.5 Å². The summed E-state index contributed by atoms with van der Waals surface area (Å²) >= 11 is 0. The van der Waals surface area contributed by atoms with Crippen LogP contribution in [0.1, 0.15) is 42.5 Å². The van der Waals surface area contributed by atoms with Gasteiger partial charge in [-0.15, -0.1) is 0 Å². The van der Waals surface area contributed by atoms with E-state index >= 15 is 0 Å². The molecule has 37 heavy (non-hydrogen) atoms. The van der Waals surface area contributed by atoms with Crippen molar-refractivity contribution in [1.29, 1.82) is 5.26 Å². The molecular weight excluding hydrogens is 464 g/mol. The smallest absolute Gasteiger partial charge is 0.247 e. The molecule has 0 saturated carbocycles. The number of carbonyl (C=O) groups excluding carboxylic acids is 2. The van der Waals surface area contributed by atoms with E-state index in [-0.39, 0.29) is 23.8 Å². The quantitative estimate of drug-likeness (QED) is 0.493. The largest absolute Gasteiger partial charge is 0.356 e. The van der Waals surface area contributed by atoms with Crippen LogP contribution in [0.4, 0.5) is 11.5 Å². The van der Waals surface area contributed by atoms with E-state index in [0.29, 0.717) is 31.0 Å². The number of pyridine rings is 1. The number of rotatable bonds is 8. The van der Waals surface area contributed by atoms with Crippen LogP contribution in [0.2, 0.25) is 0 Å². The predicted octanol–water partition coefficient (Wildman–Crippen LogP) is 3.69. The Morgan fingerprint density at radius 3 is 2.49 bits per heavy atom. The van der Waals surface area contributed by atoms with Gasteiger partial charge in [-0.25, -0.2) is 4.98 Å². The molecule has 8 heteroatoms. The molecule has 2 amide bonds. The summed E-state index contributed by atoms with van der Waals surface area (Å²) in [7, 11) is 1.81. The molecule has 0 bridgehead atoms.